The Hall–Kier alpha value is -3.00. The molecule has 1 aromatic heterocycles. The molecule has 8 heteroatoms. The van der Waals surface area contributed by atoms with Gasteiger partial charge in [-0.05, 0) is 75.2 Å². The Morgan fingerprint density at radius 2 is 1.74 bits per heavy atom. The van der Waals surface area contributed by atoms with Crippen LogP contribution in [0.25, 0.3) is 5.69 Å². The van der Waals surface area contributed by atoms with E-state index >= 15 is 0 Å². The molecular formula is C23H28F2N6. The van der Waals surface area contributed by atoms with E-state index in [9.17, 15) is 8.78 Å². The Kier molecular flexibility index (Phi) is 5.31. The second-order valence-corrected chi connectivity index (χ2v) is 8.45. The summed E-state index contributed by atoms with van der Waals surface area (Å²) in [6, 6.07) is 10.3. The average Bonchev–Trinajstić information content (AvgIpc) is 3.48. The summed E-state index contributed by atoms with van der Waals surface area (Å²) in [4.78, 5) is 9.32. The average molecular weight is 427 g/mol. The first kappa shape index (κ1) is 19.9. The van der Waals surface area contributed by atoms with Crippen LogP contribution in [0.4, 0.5) is 26.1 Å². The molecule has 3 heterocycles. The summed E-state index contributed by atoms with van der Waals surface area (Å²) >= 11 is 0. The normalized spacial score (nSPS) is 19.3. The van der Waals surface area contributed by atoms with Gasteiger partial charge in [-0.15, -0.1) is 5.10 Å². The number of likely N-dealkylation sites (tertiary alicyclic amines) is 1. The van der Waals surface area contributed by atoms with Crippen molar-refractivity contribution in [1.29, 1.82) is 0 Å². The number of aromatic nitrogens is 3. The molecule has 2 aliphatic rings. The molecule has 31 heavy (non-hydrogen) atoms. The van der Waals surface area contributed by atoms with Crippen molar-refractivity contribution < 1.29 is 10.2 Å². The van der Waals surface area contributed by atoms with Gasteiger partial charge in [0.15, 0.2) is 0 Å². The largest absolute Gasteiger partial charge is 0.370 e. The summed E-state index contributed by atoms with van der Waals surface area (Å²) in [7, 11) is 0. The lowest BCUT2D eigenvalue weighted by Gasteiger charge is -2.25. The highest BCUT2D eigenvalue weighted by Crippen LogP contribution is 2.29. The Bertz CT molecular complexity index is 1060. The van der Waals surface area contributed by atoms with Crippen molar-refractivity contribution in [2.75, 3.05) is 36.4 Å². The van der Waals surface area contributed by atoms with Crippen molar-refractivity contribution in [2.45, 2.75) is 32.2 Å². The Morgan fingerprint density at radius 1 is 0.968 bits per heavy atom. The second-order valence-electron chi connectivity index (χ2n) is 8.45. The van der Waals surface area contributed by atoms with Crippen LogP contribution in [0.3, 0.4) is 0 Å². The number of nitrogens with zero attached hydrogens (tertiary/aromatic N) is 5. The molecular weight excluding hydrogens is 398 g/mol. The summed E-state index contributed by atoms with van der Waals surface area (Å²) in [5.41, 5.74) is 3.52. The molecule has 1 N–H and O–H groups in total. The molecule has 0 radical (unpaired) electrons. The Morgan fingerprint density at radius 3 is 2.52 bits per heavy atom. The summed E-state index contributed by atoms with van der Waals surface area (Å²) in [5.74, 6) is -0.931. The lowest BCUT2D eigenvalue weighted by Crippen LogP contribution is -2.35. The molecule has 2 aliphatic heterocycles. The predicted molar refractivity (Wildman–Crippen MR) is 119 cm³/mol. The number of hydrogen-bond acceptors (Lipinski definition) is 5. The molecule has 6 nitrogen and oxygen atoms in total. The molecule has 5 rings (SSSR count). The van der Waals surface area contributed by atoms with E-state index < -0.39 is 11.6 Å². The fourth-order valence-corrected chi connectivity index (χ4v) is 4.64. The number of aryl methyl sites for hydroxylation is 1. The number of nitrogens with one attached hydrogen (secondary N) is 1. The van der Waals surface area contributed by atoms with Crippen LogP contribution in [-0.2, 0) is 0 Å². The minimum Gasteiger partial charge on any atom is -0.370 e. The highest BCUT2D eigenvalue weighted by atomic mass is 19.1. The maximum Gasteiger partial charge on any atom is 0.246 e. The highest BCUT2D eigenvalue weighted by molar-refractivity contribution is 5.64. The predicted octanol–water partition coefficient (Wildman–Crippen LogP) is 4.52. The number of hydrogen-bond donors (Lipinski definition) is 1. The molecule has 0 aliphatic carbocycles. The van der Waals surface area contributed by atoms with Crippen LogP contribution in [0.1, 0.15) is 26.3 Å². The standard InChI is InChI=1S/C23H26F2N6.H2/c1-16-8-19(13-21(9-16)30-7-4-20(14-30)29-5-2-3-6-29)27-23-26-15-31(28-23)22-11-17(24)10-18(25)12-22;/h8-13,15,20H,2-7,14H2,1H3,(H,27,28);1H/t20-;/m0./s1. The van der Waals surface area contributed by atoms with Crippen LogP contribution in [0.2, 0.25) is 0 Å². The third kappa shape index (κ3) is 4.39. The van der Waals surface area contributed by atoms with Crippen molar-refractivity contribution in [3.05, 3.63) is 59.9 Å². The van der Waals surface area contributed by atoms with E-state index in [4.69, 9.17) is 0 Å². The fraction of sp³-hybridized carbons (Fsp3) is 0.391. The molecule has 164 valence electrons. The summed E-state index contributed by atoms with van der Waals surface area (Å²) in [5, 5.41) is 7.55. The van der Waals surface area contributed by atoms with Gasteiger partial charge in [0.1, 0.15) is 18.0 Å². The van der Waals surface area contributed by atoms with Gasteiger partial charge in [0.05, 0.1) is 5.69 Å². The van der Waals surface area contributed by atoms with Gasteiger partial charge in [0.25, 0.3) is 0 Å². The van der Waals surface area contributed by atoms with Crippen molar-refractivity contribution in [2.24, 2.45) is 0 Å². The lowest BCUT2D eigenvalue weighted by molar-refractivity contribution is 0.260. The maximum absolute atomic E-state index is 13.5. The lowest BCUT2D eigenvalue weighted by atomic mass is 10.2. The van der Waals surface area contributed by atoms with E-state index in [1.165, 1.54) is 61.2 Å². The number of rotatable bonds is 5. The topological polar surface area (TPSA) is 49.2 Å². The van der Waals surface area contributed by atoms with Gasteiger partial charge in [-0.1, -0.05) is 0 Å². The van der Waals surface area contributed by atoms with Gasteiger partial charge in [0.2, 0.25) is 5.95 Å². The Labute approximate surface area is 182 Å². The minimum atomic E-state index is -0.652. The van der Waals surface area contributed by atoms with E-state index in [2.05, 4.69) is 44.3 Å². The van der Waals surface area contributed by atoms with Crippen LogP contribution < -0.4 is 10.2 Å². The van der Waals surface area contributed by atoms with E-state index in [1.807, 2.05) is 6.07 Å². The molecule has 2 aromatic carbocycles. The molecule has 2 fully saturated rings. The number of anilines is 3. The van der Waals surface area contributed by atoms with Crippen LogP contribution in [0.5, 0.6) is 0 Å². The molecule has 1 atom stereocenters. The van der Waals surface area contributed by atoms with Crippen LogP contribution in [0.15, 0.2) is 42.7 Å². The van der Waals surface area contributed by atoms with Crippen LogP contribution >= 0.6 is 0 Å². The maximum atomic E-state index is 13.5. The molecule has 0 spiro atoms. The van der Waals surface area contributed by atoms with Crippen LogP contribution in [0, 0.1) is 18.6 Å². The first-order chi connectivity index (χ1) is 15.0. The number of benzene rings is 2. The van der Waals surface area contributed by atoms with E-state index in [1.54, 1.807) is 0 Å². The summed E-state index contributed by atoms with van der Waals surface area (Å²) in [6.45, 7) is 6.64. The summed E-state index contributed by atoms with van der Waals surface area (Å²) in [6.07, 6.45) is 5.27. The molecule has 0 bridgehead atoms. The SMILES string of the molecule is Cc1cc(Nc2ncn(-c3cc(F)cc(F)c3)n2)cc(N2CC[C@H](N3CCCC3)C2)c1.[HH]. The van der Waals surface area contributed by atoms with Gasteiger partial charge in [-0.3, -0.25) is 4.90 Å². The zero-order chi connectivity index (χ0) is 21.4. The second kappa shape index (κ2) is 8.26. The van der Waals surface area contributed by atoms with E-state index in [0.29, 0.717) is 12.0 Å². The third-order valence-corrected chi connectivity index (χ3v) is 6.11. The first-order valence-electron chi connectivity index (χ1n) is 10.8. The van der Waals surface area contributed by atoms with Gasteiger partial charge in [-0.2, -0.15) is 4.98 Å². The van der Waals surface area contributed by atoms with Gasteiger partial charge < -0.3 is 10.2 Å². The van der Waals surface area contributed by atoms with E-state index in [0.717, 1.165) is 30.4 Å². The fourth-order valence-electron chi connectivity index (χ4n) is 4.64. The molecule has 2 saturated heterocycles. The molecule has 0 amide bonds. The van der Waals surface area contributed by atoms with Gasteiger partial charge >= 0.3 is 0 Å². The van der Waals surface area contributed by atoms with Crippen molar-refractivity contribution in [3.63, 3.8) is 0 Å². The third-order valence-electron chi connectivity index (χ3n) is 6.11. The molecule has 0 unspecified atom stereocenters. The van der Waals surface area contributed by atoms with Crippen molar-refractivity contribution in [3.8, 4) is 5.69 Å². The Balaban J connectivity index is 0.00000245. The quantitative estimate of drug-likeness (QED) is 0.650. The van der Waals surface area contributed by atoms with Gasteiger partial charge in [0, 0.05) is 38.0 Å². The minimum absolute atomic E-state index is 0. The zero-order valence-corrected chi connectivity index (χ0v) is 17.6. The smallest absolute Gasteiger partial charge is 0.246 e. The summed E-state index contributed by atoms with van der Waals surface area (Å²) < 4.78 is 28.4. The van der Waals surface area contributed by atoms with E-state index in [-0.39, 0.29) is 7.11 Å². The van der Waals surface area contributed by atoms with Crippen molar-refractivity contribution >= 4 is 17.3 Å². The molecule has 0 saturated carbocycles. The highest BCUT2D eigenvalue weighted by Gasteiger charge is 2.29. The first-order valence-corrected chi connectivity index (χ1v) is 10.8. The monoisotopic (exact) mass is 426 g/mol. The number of halogens is 2. The van der Waals surface area contributed by atoms with Crippen molar-refractivity contribution in [1.82, 2.24) is 19.7 Å². The zero-order valence-electron chi connectivity index (χ0n) is 17.6. The molecule has 3 aromatic rings. The van der Waals surface area contributed by atoms with Gasteiger partial charge in [-0.25, -0.2) is 13.5 Å². The van der Waals surface area contributed by atoms with Crippen LogP contribution in [-0.4, -0.2) is 51.9 Å².